The van der Waals surface area contributed by atoms with E-state index in [9.17, 15) is 9.90 Å². The van der Waals surface area contributed by atoms with Gasteiger partial charge < -0.3 is 14.7 Å². The summed E-state index contributed by atoms with van der Waals surface area (Å²) in [5.74, 6) is -0.0654. The molecule has 0 bridgehead atoms. The van der Waals surface area contributed by atoms with Gasteiger partial charge in [0, 0.05) is 17.8 Å². The summed E-state index contributed by atoms with van der Waals surface area (Å²) in [6.45, 7) is 4.40. The number of phenolic OH excluding ortho intramolecular Hbond substituents is 1. The summed E-state index contributed by atoms with van der Waals surface area (Å²) in [5, 5.41) is 10.1. The standard InChI is InChI=1S/C28H29NO3/c1-4-20-7-12-24(13-8-20)29-19(2)17-23-18-25(30)14-15-26(23)28(29)22-10-5-21(6-11-22)9-16-27(31)32-3/h5-16,18-19,28,30H,4,17H2,1-3H3/b16-9+. The molecule has 4 heteroatoms. The summed E-state index contributed by atoms with van der Waals surface area (Å²) in [7, 11) is 1.37. The van der Waals surface area contributed by atoms with Crippen molar-refractivity contribution in [3.05, 3.63) is 101 Å². The minimum absolute atomic E-state index is 0.0282. The molecule has 1 aliphatic heterocycles. The van der Waals surface area contributed by atoms with E-state index in [1.807, 2.05) is 24.3 Å². The third-order valence-corrected chi connectivity index (χ3v) is 6.20. The van der Waals surface area contributed by atoms with Gasteiger partial charge in [0.15, 0.2) is 0 Å². The fourth-order valence-electron chi connectivity index (χ4n) is 4.53. The molecule has 164 valence electrons. The van der Waals surface area contributed by atoms with Crippen LogP contribution in [0.25, 0.3) is 6.08 Å². The molecule has 2 atom stereocenters. The molecule has 3 aromatic carbocycles. The number of benzene rings is 3. The molecule has 2 unspecified atom stereocenters. The average Bonchev–Trinajstić information content (AvgIpc) is 2.82. The van der Waals surface area contributed by atoms with Crippen molar-refractivity contribution in [3.8, 4) is 5.75 Å². The van der Waals surface area contributed by atoms with E-state index in [0.717, 1.165) is 18.4 Å². The first kappa shape index (κ1) is 21.7. The molecule has 1 N–H and O–H groups in total. The average molecular weight is 428 g/mol. The zero-order valence-electron chi connectivity index (χ0n) is 18.8. The summed E-state index contributed by atoms with van der Waals surface area (Å²) in [4.78, 5) is 13.9. The second-order valence-electron chi connectivity index (χ2n) is 8.29. The van der Waals surface area contributed by atoms with Gasteiger partial charge in [-0.05, 0) is 77.9 Å². The molecule has 1 aliphatic rings. The largest absolute Gasteiger partial charge is 0.508 e. The van der Waals surface area contributed by atoms with Crippen molar-refractivity contribution in [2.75, 3.05) is 12.0 Å². The van der Waals surface area contributed by atoms with Crippen molar-refractivity contribution in [3.63, 3.8) is 0 Å². The number of carbonyl (C=O) groups excluding carboxylic acids is 1. The number of methoxy groups -OCH3 is 1. The SMILES string of the molecule is CCc1ccc(N2C(C)Cc3cc(O)ccc3C2c2ccc(/C=C/C(=O)OC)cc2)cc1. The van der Waals surface area contributed by atoms with Crippen molar-refractivity contribution in [2.24, 2.45) is 0 Å². The van der Waals surface area contributed by atoms with E-state index in [1.165, 1.54) is 41.1 Å². The van der Waals surface area contributed by atoms with Crippen molar-refractivity contribution < 1.29 is 14.6 Å². The zero-order valence-corrected chi connectivity index (χ0v) is 18.8. The Morgan fingerprint density at radius 2 is 1.81 bits per heavy atom. The van der Waals surface area contributed by atoms with Crippen LogP contribution in [0.5, 0.6) is 5.75 Å². The van der Waals surface area contributed by atoms with Crippen LogP contribution in [-0.4, -0.2) is 24.2 Å². The molecule has 3 aromatic rings. The number of nitrogens with zero attached hydrogens (tertiary/aromatic N) is 1. The first-order valence-electron chi connectivity index (χ1n) is 11.0. The van der Waals surface area contributed by atoms with Crippen LogP contribution in [0.2, 0.25) is 0 Å². The lowest BCUT2D eigenvalue weighted by Gasteiger charge is -2.44. The molecule has 4 nitrogen and oxygen atoms in total. The number of phenols is 1. The molecule has 4 rings (SSSR count). The second kappa shape index (κ2) is 9.31. The van der Waals surface area contributed by atoms with Crippen molar-refractivity contribution in [1.29, 1.82) is 0 Å². The van der Waals surface area contributed by atoms with Crippen molar-refractivity contribution in [2.45, 2.75) is 38.8 Å². The maximum Gasteiger partial charge on any atom is 0.330 e. The molecule has 0 aliphatic carbocycles. The van der Waals surface area contributed by atoms with Crippen LogP contribution in [0.15, 0.2) is 72.8 Å². The molecule has 0 spiro atoms. The molecule has 0 aromatic heterocycles. The quantitative estimate of drug-likeness (QED) is 0.420. The van der Waals surface area contributed by atoms with Gasteiger partial charge in [0.05, 0.1) is 13.2 Å². The molecule has 0 saturated carbocycles. The summed E-state index contributed by atoms with van der Waals surface area (Å²) in [6, 6.07) is 23.1. The molecular formula is C28H29NO3. The van der Waals surface area contributed by atoms with Gasteiger partial charge in [0.25, 0.3) is 0 Å². The lowest BCUT2D eigenvalue weighted by molar-refractivity contribution is -0.134. The molecule has 0 saturated heterocycles. The van der Waals surface area contributed by atoms with E-state index in [-0.39, 0.29) is 18.1 Å². The molecule has 1 heterocycles. The minimum atomic E-state index is -0.370. The lowest BCUT2D eigenvalue weighted by Crippen LogP contribution is -2.42. The Kier molecular flexibility index (Phi) is 6.31. The fraction of sp³-hybridized carbons (Fsp3) is 0.250. The van der Waals surface area contributed by atoms with E-state index in [4.69, 9.17) is 0 Å². The number of anilines is 1. The molecule has 0 fully saturated rings. The minimum Gasteiger partial charge on any atom is -0.508 e. The summed E-state index contributed by atoms with van der Waals surface area (Å²) < 4.78 is 4.68. The summed E-state index contributed by atoms with van der Waals surface area (Å²) in [5.41, 5.74) is 7.00. The van der Waals surface area contributed by atoms with Crippen LogP contribution in [0.4, 0.5) is 5.69 Å². The van der Waals surface area contributed by atoms with Crippen molar-refractivity contribution >= 4 is 17.7 Å². The normalized spacial score (nSPS) is 17.9. The number of aryl methyl sites for hydroxylation is 1. The fourth-order valence-corrected chi connectivity index (χ4v) is 4.53. The zero-order chi connectivity index (χ0) is 22.7. The van der Waals surface area contributed by atoms with Gasteiger partial charge in [-0.25, -0.2) is 4.79 Å². The maximum absolute atomic E-state index is 11.4. The number of ether oxygens (including phenoxy) is 1. The number of hydrogen-bond acceptors (Lipinski definition) is 4. The Labute approximate surface area is 189 Å². The number of aromatic hydroxyl groups is 1. The van der Waals surface area contributed by atoms with Crippen LogP contribution < -0.4 is 4.90 Å². The Balaban J connectivity index is 1.77. The van der Waals surface area contributed by atoms with Gasteiger partial charge in [-0.3, -0.25) is 0 Å². The number of fused-ring (bicyclic) bond motifs is 1. The van der Waals surface area contributed by atoms with Crippen LogP contribution >= 0.6 is 0 Å². The Bertz CT molecular complexity index is 1120. The van der Waals surface area contributed by atoms with Crippen LogP contribution in [0.3, 0.4) is 0 Å². The van der Waals surface area contributed by atoms with Gasteiger partial charge in [-0.15, -0.1) is 0 Å². The van der Waals surface area contributed by atoms with E-state index in [0.29, 0.717) is 5.75 Å². The topological polar surface area (TPSA) is 49.8 Å². The van der Waals surface area contributed by atoms with E-state index in [1.54, 1.807) is 12.1 Å². The summed E-state index contributed by atoms with van der Waals surface area (Å²) >= 11 is 0. The van der Waals surface area contributed by atoms with Gasteiger partial charge in [0.2, 0.25) is 0 Å². The second-order valence-corrected chi connectivity index (χ2v) is 8.29. The lowest BCUT2D eigenvalue weighted by atomic mass is 9.84. The number of carbonyl (C=O) groups is 1. The van der Waals surface area contributed by atoms with Crippen LogP contribution in [-0.2, 0) is 22.4 Å². The van der Waals surface area contributed by atoms with Gasteiger partial charge >= 0.3 is 5.97 Å². The first-order valence-corrected chi connectivity index (χ1v) is 11.0. The highest BCUT2D eigenvalue weighted by Crippen LogP contribution is 2.42. The molecular weight excluding hydrogens is 398 g/mol. The van der Waals surface area contributed by atoms with Crippen LogP contribution in [0, 0.1) is 0 Å². The Hall–Kier alpha value is -3.53. The third-order valence-electron chi connectivity index (χ3n) is 6.20. The predicted octanol–water partition coefficient (Wildman–Crippen LogP) is 5.68. The maximum atomic E-state index is 11.4. The number of rotatable bonds is 5. The molecule has 0 amide bonds. The van der Waals surface area contributed by atoms with Crippen LogP contribution in [0.1, 0.15) is 47.7 Å². The number of esters is 1. The monoisotopic (exact) mass is 427 g/mol. The third kappa shape index (κ3) is 4.40. The highest BCUT2D eigenvalue weighted by molar-refractivity contribution is 5.86. The molecule has 0 radical (unpaired) electrons. The Morgan fingerprint density at radius 1 is 1.09 bits per heavy atom. The van der Waals surface area contributed by atoms with E-state index >= 15 is 0 Å². The first-order chi connectivity index (χ1) is 15.5. The smallest absolute Gasteiger partial charge is 0.330 e. The Morgan fingerprint density at radius 3 is 2.47 bits per heavy atom. The summed E-state index contributed by atoms with van der Waals surface area (Å²) in [6.07, 6.45) is 5.07. The van der Waals surface area contributed by atoms with Gasteiger partial charge in [0.1, 0.15) is 5.75 Å². The highest BCUT2D eigenvalue weighted by atomic mass is 16.5. The van der Waals surface area contributed by atoms with E-state index in [2.05, 4.69) is 59.9 Å². The molecule has 32 heavy (non-hydrogen) atoms. The van der Waals surface area contributed by atoms with Gasteiger partial charge in [-0.2, -0.15) is 0 Å². The van der Waals surface area contributed by atoms with Crippen molar-refractivity contribution in [1.82, 2.24) is 0 Å². The number of hydrogen-bond donors (Lipinski definition) is 1. The highest BCUT2D eigenvalue weighted by Gasteiger charge is 2.33. The van der Waals surface area contributed by atoms with E-state index < -0.39 is 0 Å². The predicted molar refractivity (Wildman–Crippen MR) is 129 cm³/mol. The van der Waals surface area contributed by atoms with Gasteiger partial charge in [-0.1, -0.05) is 49.4 Å².